The topological polar surface area (TPSA) is 184 Å². The molecule has 4 aliphatic rings. The first-order valence-corrected chi connectivity index (χ1v) is 21.8. The maximum Gasteiger partial charge on any atom is 0.254 e. The third-order valence-electron chi connectivity index (χ3n) is 11.7. The predicted molar refractivity (Wildman–Crippen MR) is 237 cm³/mol. The van der Waals surface area contributed by atoms with Gasteiger partial charge in [0, 0.05) is 98.5 Å². The van der Waals surface area contributed by atoms with Crippen LogP contribution in [0.15, 0.2) is 70.3 Å². The van der Waals surface area contributed by atoms with Crippen LogP contribution in [0.5, 0.6) is 0 Å². The Kier molecular flexibility index (Phi) is 10.7. The van der Waals surface area contributed by atoms with Gasteiger partial charge >= 0.3 is 0 Å². The van der Waals surface area contributed by atoms with Gasteiger partial charge in [-0.3, -0.25) is 19.2 Å². The fraction of sp³-hybridized carbons (Fsp3) is 0.318. The molecule has 0 radical (unpaired) electrons. The fourth-order valence-corrected chi connectivity index (χ4v) is 10.2. The van der Waals surface area contributed by atoms with Crippen LogP contribution >= 0.6 is 22.7 Å². The Balaban J connectivity index is 0.000000154. The highest BCUT2D eigenvalue weighted by atomic mass is 32.1. The first kappa shape index (κ1) is 38.9. The Labute approximate surface area is 353 Å². The van der Waals surface area contributed by atoms with Crippen LogP contribution in [0, 0.1) is 22.7 Å². The molecule has 60 heavy (non-hydrogen) atoms. The van der Waals surface area contributed by atoms with E-state index < -0.39 is 0 Å². The first-order valence-electron chi connectivity index (χ1n) is 20.2. The van der Waals surface area contributed by atoms with Gasteiger partial charge in [0.25, 0.3) is 22.9 Å². The molecule has 0 bridgehead atoms. The molecule has 16 heteroatoms. The smallest absolute Gasteiger partial charge is 0.254 e. The lowest BCUT2D eigenvalue weighted by Crippen LogP contribution is -2.48. The summed E-state index contributed by atoms with van der Waals surface area (Å²) in [7, 11) is 0. The summed E-state index contributed by atoms with van der Waals surface area (Å²) in [6, 6.07) is 23.1. The highest BCUT2D eigenvalue weighted by Gasteiger charge is 2.26. The summed E-state index contributed by atoms with van der Waals surface area (Å²) >= 11 is 2.96. The number of carbonyl (C=O) groups excluding carboxylic acids is 2. The monoisotopic (exact) mass is 838 g/mol. The summed E-state index contributed by atoms with van der Waals surface area (Å²) in [5, 5.41) is 28.8. The van der Waals surface area contributed by atoms with Gasteiger partial charge in [0.1, 0.15) is 21.9 Å². The van der Waals surface area contributed by atoms with Gasteiger partial charge in [-0.15, -0.1) is 22.7 Å². The number of carbonyl (C=O) groups is 2. The molecule has 2 amide bonds. The van der Waals surface area contributed by atoms with E-state index in [1.165, 1.54) is 22.7 Å². The number of rotatable bonds is 4. The molecule has 2 fully saturated rings. The summed E-state index contributed by atoms with van der Waals surface area (Å²) in [4.78, 5) is 66.5. The molecule has 0 atom stereocenters. The van der Waals surface area contributed by atoms with Gasteiger partial charge in [0.05, 0.1) is 32.4 Å². The van der Waals surface area contributed by atoms with E-state index in [1.54, 1.807) is 12.1 Å². The molecule has 4 aliphatic heterocycles. The molecule has 2 saturated heterocycles. The Morgan fingerprint density at radius 1 is 0.567 bits per heavy atom. The van der Waals surface area contributed by atoms with Crippen molar-refractivity contribution in [2.75, 3.05) is 85.9 Å². The number of H-pyrrole nitrogens is 2. The molecule has 4 N–H and O–H groups in total. The molecular formula is C44H42N10O4S2. The third-order valence-corrected chi connectivity index (χ3v) is 13.8. The average Bonchev–Trinajstić information content (AvgIpc) is 4.00. The van der Waals surface area contributed by atoms with Crippen molar-refractivity contribution in [1.29, 1.82) is 10.5 Å². The minimum atomic E-state index is -0.0735. The number of piperazine rings is 2. The van der Waals surface area contributed by atoms with Gasteiger partial charge in [-0.25, -0.2) is 0 Å². The number of hydrogen-bond donors (Lipinski definition) is 4. The van der Waals surface area contributed by atoms with E-state index in [-0.39, 0.29) is 22.9 Å². The second-order valence-corrected chi connectivity index (χ2v) is 17.4. The number of nitrogens with zero attached hydrogens (tertiary/aromatic N) is 6. The maximum atomic E-state index is 13.1. The lowest BCUT2D eigenvalue weighted by Gasteiger charge is -2.35. The van der Waals surface area contributed by atoms with Crippen molar-refractivity contribution >= 4 is 77.7 Å². The molecule has 0 unspecified atom stereocenters. The Morgan fingerprint density at radius 2 is 0.983 bits per heavy atom. The molecule has 10 rings (SSSR count). The van der Waals surface area contributed by atoms with Crippen LogP contribution in [-0.2, 0) is 12.8 Å². The van der Waals surface area contributed by atoms with Crippen LogP contribution in [0.1, 0.15) is 54.4 Å². The van der Waals surface area contributed by atoms with Crippen LogP contribution < -0.4 is 31.6 Å². The summed E-state index contributed by atoms with van der Waals surface area (Å²) in [5.41, 5.74) is 5.83. The Morgan fingerprint density at radius 3 is 1.37 bits per heavy atom. The molecule has 14 nitrogen and oxygen atoms in total. The van der Waals surface area contributed by atoms with Crippen LogP contribution in [0.3, 0.4) is 0 Å². The van der Waals surface area contributed by atoms with Crippen molar-refractivity contribution in [1.82, 2.24) is 19.8 Å². The lowest BCUT2D eigenvalue weighted by atomic mass is 10.0. The lowest BCUT2D eigenvalue weighted by molar-refractivity contribution is 0.0739. The first-order chi connectivity index (χ1) is 29.3. The molecule has 304 valence electrons. The number of benzene rings is 2. The minimum absolute atomic E-state index is 0.0213. The maximum absolute atomic E-state index is 13.1. The number of anilines is 4. The predicted octanol–water partition coefficient (Wildman–Crippen LogP) is 5.56. The van der Waals surface area contributed by atoms with Crippen LogP contribution in [-0.4, -0.2) is 97.0 Å². The number of nitrogens with one attached hydrogen (secondary N) is 4. The van der Waals surface area contributed by atoms with Crippen molar-refractivity contribution < 1.29 is 9.59 Å². The van der Waals surface area contributed by atoms with E-state index in [9.17, 15) is 19.2 Å². The van der Waals surface area contributed by atoms with Crippen molar-refractivity contribution in [2.24, 2.45) is 0 Å². The summed E-state index contributed by atoms with van der Waals surface area (Å²) in [5.74, 6) is -0.0426. The van der Waals surface area contributed by atoms with Gasteiger partial charge in [-0.05, 0) is 86.3 Å². The number of aromatic nitrogens is 2. The minimum Gasteiger partial charge on any atom is -0.384 e. The number of amides is 2. The number of aromatic amines is 2. The van der Waals surface area contributed by atoms with Gasteiger partial charge < -0.3 is 40.2 Å². The Bertz CT molecular complexity index is 2650. The molecule has 0 spiro atoms. The molecule has 8 heterocycles. The standard InChI is InChI=1S/2C22H21N5O2S/c2*23-13-15-4-6-19(30-15)26-8-10-27(11-9-26)22(29)14-3-5-16-18(12-14)25-21(28)17-2-1-7-24-20(16)17/h2*3-6,12,24H,1-2,7-11H2,(H,25,28). The van der Waals surface area contributed by atoms with Gasteiger partial charge in [0.2, 0.25) is 0 Å². The van der Waals surface area contributed by atoms with Gasteiger partial charge in [-0.2, -0.15) is 10.5 Å². The molecular weight excluding hydrogens is 797 g/mol. The van der Waals surface area contributed by atoms with Gasteiger partial charge in [-0.1, -0.05) is 0 Å². The number of thiophene rings is 2. The van der Waals surface area contributed by atoms with E-state index >= 15 is 0 Å². The molecule has 2 aromatic carbocycles. The summed E-state index contributed by atoms with van der Waals surface area (Å²) in [6.07, 6.45) is 3.46. The molecule has 4 aromatic heterocycles. The largest absolute Gasteiger partial charge is 0.384 e. The van der Waals surface area contributed by atoms with Gasteiger partial charge in [0.15, 0.2) is 0 Å². The zero-order valence-corrected chi connectivity index (χ0v) is 34.4. The summed E-state index contributed by atoms with van der Waals surface area (Å²) in [6.45, 7) is 7.15. The van der Waals surface area contributed by atoms with Crippen molar-refractivity contribution in [3.05, 3.63) is 113 Å². The number of hydrogen-bond acceptors (Lipinski definition) is 12. The molecule has 6 aromatic rings. The molecule has 0 saturated carbocycles. The van der Waals surface area contributed by atoms with E-state index in [0.29, 0.717) is 58.1 Å². The van der Waals surface area contributed by atoms with Crippen molar-refractivity contribution in [2.45, 2.75) is 25.7 Å². The van der Waals surface area contributed by atoms with Crippen molar-refractivity contribution in [3.63, 3.8) is 0 Å². The van der Waals surface area contributed by atoms with Crippen LogP contribution in [0.4, 0.5) is 21.4 Å². The number of pyridine rings is 2. The highest BCUT2D eigenvalue weighted by Crippen LogP contribution is 2.31. The fourth-order valence-electron chi connectivity index (χ4n) is 8.52. The quantitative estimate of drug-likeness (QED) is 0.175. The van der Waals surface area contributed by atoms with E-state index in [0.717, 1.165) is 108 Å². The molecule has 0 aliphatic carbocycles. The zero-order valence-electron chi connectivity index (χ0n) is 32.8. The third kappa shape index (κ3) is 7.56. The van der Waals surface area contributed by atoms with Crippen LogP contribution in [0.2, 0.25) is 0 Å². The van der Waals surface area contributed by atoms with Crippen LogP contribution in [0.25, 0.3) is 21.8 Å². The normalized spacial score (nSPS) is 16.1. The summed E-state index contributed by atoms with van der Waals surface area (Å²) < 4.78 is 0. The van der Waals surface area contributed by atoms with E-state index in [4.69, 9.17) is 10.5 Å². The second kappa shape index (κ2) is 16.6. The Hall–Kier alpha value is -6.62. The zero-order chi connectivity index (χ0) is 41.3. The number of fused-ring (bicyclic) bond motifs is 6. The van der Waals surface area contributed by atoms with E-state index in [2.05, 4.69) is 42.5 Å². The highest BCUT2D eigenvalue weighted by molar-refractivity contribution is 7.16. The second-order valence-electron chi connectivity index (χ2n) is 15.3. The van der Waals surface area contributed by atoms with Crippen molar-refractivity contribution in [3.8, 4) is 12.1 Å². The average molecular weight is 839 g/mol. The SMILES string of the molecule is N#Cc1ccc(N2CCN(C(=O)c3ccc4c5c(c(=O)[nH]c4c3)CCCN5)CC2)s1.N#Cc1ccc(N2CCN(C(=O)c3ccc4c5c(c(=O)[nH]c4c3)CCCN5)CC2)s1. The number of nitriles is 2. The van der Waals surface area contributed by atoms with E-state index in [1.807, 2.05) is 58.3 Å².